The smallest absolute Gasteiger partial charge is 0.229 e. The molecule has 0 radical (unpaired) electrons. The second kappa shape index (κ2) is 5.72. The highest BCUT2D eigenvalue weighted by Gasteiger charge is 2.27. The van der Waals surface area contributed by atoms with Crippen molar-refractivity contribution in [3.63, 3.8) is 0 Å². The van der Waals surface area contributed by atoms with Crippen LogP contribution in [-0.4, -0.2) is 16.1 Å². The molecule has 114 valence electrons. The van der Waals surface area contributed by atoms with Gasteiger partial charge in [-0.25, -0.2) is 0 Å². The molecule has 3 aromatic rings. The van der Waals surface area contributed by atoms with Crippen LogP contribution < -0.4 is 5.32 Å². The summed E-state index contributed by atoms with van der Waals surface area (Å²) in [7, 11) is 0. The second-order valence-corrected chi connectivity index (χ2v) is 5.90. The Morgan fingerprint density at radius 1 is 1.00 bits per heavy atom. The minimum atomic E-state index is -0.00993. The van der Waals surface area contributed by atoms with Gasteiger partial charge in [0.1, 0.15) is 0 Å². The summed E-state index contributed by atoms with van der Waals surface area (Å²) in [5.74, 6) is 0.599. The minimum absolute atomic E-state index is 0.00993. The number of nitrogens with zero attached hydrogens (tertiary/aromatic N) is 1. The largest absolute Gasteiger partial charge is 0.309 e. The number of rotatable bonds is 3. The third-order valence-corrected chi connectivity index (χ3v) is 4.34. The number of hydrogen-bond acceptors (Lipinski definition) is 2. The van der Waals surface area contributed by atoms with E-state index in [2.05, 4.69) is 27.6 Å². The predicted octanol–water partition coefficient (Wildman–Crippen LogP) is 3.43. The Morgan fingerprint density at radius 2 is 1.65 bits per heavy atom. The number of amides is 1. The van der Waals surface area contributed by atoms with Crippen LogP contribution >= 0.6 is 0 Å². The second-order valence-electron chi connectivity index (χ2n) is 5.90. The summed E-state index contributed by atoms with van der Waals surface area (Å²) in [6.07, 6.45) is 1.61. The van der Waals surface area contributed by atoms with E-state index in [9.17, 15) is 4.79 Å². The highest BCUT2D eigenvalue weighted by molar-refractivity contribution is 5.93. The molecule has 1 amide bonds. The summed E-state index contributed by atoms with van der Waals surface area (Å²) in [5.41, 5.74) is 4.50. The zero-order chi connectivity index (χ0) is 15.6. The molecule has 1 heterocycles. The monoisotopic (exact) mass is 303 g/mol. The van der Waals surface area contributed by atoms with Crippen molar-refractivity contribution in [3.8, 4) is 11.3 Å². The standard InChI is InChI=1S/C19H17N3O/c23-19(16-10-14-8-4-5-9-15(14)11-16)20-18-12-17(21-22-18)13-6-2-1-3-7-13/h1-9,12,16H,10-11H2,(H2,20,21,22,23). The molecule has 0 fully saturated rings. The summed E-state index contributed by atoms with van der Waals surface area (Å²) in [6.45, 7) is 0. The number of aromatic nitrogens is 2. The van der Waals surface area contributed by atoms with Crippen molar-refractivity contribution in [2.45, 2.75) is 12.8 Å². The predicted molar refractivity (Wildman–Crippen MR) is 90.0 cm³/mol. The van der Waals surface area contributed by atoms with Gasteiger partial charge in [0, 0.05) is 12.0 Å². The van der Waals surface area contributed by atoms with E-state index in [0.717, 1.165) is 24.1 Å². The van der Waals surface area contributed by atoms with Crippen molar-refractivity contribution in [2.24, 2.45) is 5.92 Å². The molecule has 0 atom stereocenters. The lowest BCUT2D eigenvalue weighted by atomic mass is 10.1. The molecule has 4 nitrogen and oxygen atoms in total. The van der Waals surface area contributed by atoms with Gasteiger partial charge >= 0.3 is 0 Å². The Labute approximate surface area is 134 Å². The van der Waals surface area contributed by atoms with Crippen LogP contribution in [0.1, 0.15) is 11.1 Å². The molecule has 0 saturated heterocycles. The molecule has 0 saturated carbocycles. The summed E-state index contributed by atoms with van der Waals surface area (Å²) >= 11 is 0. The maximum absolute atomic E-state index is 12.5. The number of carbonyl (C=O) groups excluding carboxylic acids is 1. The fourth-order valence-corrected chi connectivity index (χ4v) is 3.12. The van der Waals surface area contributed by atoms with Crippen LogP contribution in [0.15, 0.2) is 60.7 Å². The third kappa shape index (κ3) is 2.75. The molecule has 0 spiro atoms. The van der Waals surface area contributed by atoms with E-state index in [1.807, 2.05) is 48.5 Å². The van der Waals surface area contributed by atoms with E-state index in [4.69, 9.17) is 0 Å². The maximum Gasteiger partial charge on any atom is 0.229 e. The fourth-order valence-electron chi connectivity index (χ4n) is 3.12. The number of fused-ring (bicyclic) bond motifs is 1. The molecule has 23 heavy (non-hydrogen) atoms. The zero-order valence-electron chi connectivity index (χ0n) is 12.6. The minimum Gasteiger partial charge on any atom is -0.309 e. The van der Waals surface area contributed by atoms with Gasteiger partial charge in [-0.2, -0.15) is 5.10 Å². The number of carbonyl (C=O) groups is 1. The number of benzene rings is 2. The lowest BCUT2D eigenvalue weighted by molar-refractivity contribution is -0.119. The van der Waals surface area contributed by atoms with Gasteiger partial charge in [0.05, 0.1) is 5.69 Å². The summed E-state index contributed by atoms with van der Waals surface area (Å²) < 4.78 is 0. The van der Waals surface area contributed by atoms with E-state index >= 15 is 0 Å². The quantitative estimate of drug-likeness (QED) is 0.779. The van der Waals surface area contributed by atoms with Crippen LogP contribution in [0.4, 0.5) is 5.82 Å². The Kier molecular flexibility index (Phi) is 3.42. The van der Waals surface area contributed by atoms with E-state index in [1.54, 1.807) is 0 Å². The number of nitrogens with one attached hydrogen (secondary N) is 2. The van der Waals surface area contributed by atoms with Crippen LogP contribution in [0.2, 0.25) is 0 Å². The summed E-state index contributed by atoms with van der Waals surface area (Å²) in [6, 6.07) is 20.1. The third-order valence-electron chi connectivity index (χ3n) is 4.34. The lowest BCUT2D eigenvalue weighted by Crippen LogP contribution is -2.23. The molecule has 4 rings (SSSR count). The van der Waals surface area contributed by atoms with Crippen molar-refractivity contribution in [3.05, 3.63) is 71.8 Å². The van der Waals surface area contributed by atoms with Crippen LogP contribution in [0.5, 0.6) is 0 Å². The van der Waals surface area contributed by atoms with Gasteiger partial charge in [-0.1, -0.05) is 54.6 Å². The van der Waals surface area contributed by atoms with E-state index in [1.165, 1.54) is 11.1 Å². The Balaban J connectivity index is 1.45. The molecule has 0 aliphatic heterocycles. The summed E-state index contributed by atoms with van der Waals surface area (Å²) in [5, 5.41) is 10.1. The van der Waals surface area contributed by atoms with Crippen molar-refractivity contribution < 1.29 is 4.79 Å². The van der Waals surface area contributed by atoms with Crippen molar-refractivity contribution in [1.29, 1.82) is 0 Å². The van der Waals surface area contributed by atoms with Crippen LogP contribution in [0.3, 0.4) is 0 Å². The number of aromatic amines is 1. The first-order valence-corrected chi connectivity index (χ1v) is 7.78. The van der Waals surface area contributed by atoms with Gasteiger partial charge < -0.3 is 5.32 Å². The zero-order valence-corrected chi connectivity index (χ0v) is 12.6. The van der Waals surface area contributed by atoms with E-state index in [-0.39, 0.29) is 11.8 Å². The first-order valence-electron chi connectivity index (χ1n) is 7.78. The molecule has 2 N–H and O–H groups in total. The summed E-state index contributed by atoms with van der Waals surface area (Å²) in [4.78, 5) is 12.5. The lowest BCUT2D eigenvalue weighted by Gasteiger charge is -2.07. The number of hydrogen-bond donors (Lipinski definition) is 2. The van der Waals surface area contributed by atoms with E-state index in [0.29, 0.717) is 5.82 Å². The SMILES string of the molecule is O=C(Nc1cc(-c2ccccc2)[nH]n1)C1Cc2ccccc2C1. The molecular weight excluding hydrogens is 286 g/mol. The molecular formula is C19H17N3O. The van der Waals surface area contributed by atoms with Crippen molar-refractivity contribution >= 4 is 11.7 Å². The molecule has 4 heteroatoms. The number of anilines is 1. The van der Waals surface area contributed by atoms with Gasteiger partial charge in [-0.3, -0.25) is 9.89 Å². The first-order chi connectivity index (χ1) is 11.3. The van der Waals surface area contributed by atoms with Gasteiger partial charge in [0.2, 0.25) is 5.91 Å². The van der Waals surface area contributed by atoms with Gasteiger partial charge in [0.25, 0.3) is 0 Å². The molecule has 1 aliphatic carbocycles. The van der Waals surface area contributed by atoms with Crippen LogP contribution in [-0.2, 0) is 17.6 Å². The van der Waals surface area contributed by atoms with Gasteiger partial charge in [-0.15, -0.1) is 0 Å². The average Bonchev–Trinajstić information content (AvgIpc) is 3.22. The number of H-pyrrole nitrogens is 1. The topological polar surface area (TPSA) is 57.8 Å². The highest BCUT2D eigenvalue weighted by Crippen LogP contribution is 2.27. The van der Waals surface area contributed by atoms with E-state index < -0.39 is 0 Å². The first kappa shape index (κ1) is 13.8. The molecule has 2 aromatic carbocycles. The Morgan fingerprint density at radius 3 is 2.35 bits per heavy atom. The normalized spacial score (nSPS) is 13.7. The average molecular weight is 303 g/mol. The molecule has 0 bridgehead atoms. The van der Waals surface area contributed by atoms with Crippen molar-refractivity contribution in [2.75, 3.05) is 5.32 Å². The van der Waals surface area contributed by atoms with Crippen LogP contribution in [0, 0.1) is 5.92 Å². The molecule has 1 aromatic heterocycles. The van der Waals surface area contributed by atoms with Crippen LogP contribution in [0.25, 0.3) is 11.3 Å². The van der Waals surface area contributed by atoms with Crippen molar-refractivity contribution in [1.82, 2.24) is 10.2 Å². The Bertz CT molecular complexity index is 814. The fraction of sp³-hybridized carbons (Fsp3) is 0.158. The highest BCUT2D eigenvalue weighted by atomic mass is 16.2. The Hall–Kier alpha value is -2.88. The van der Waals surface area contributed by atoms with Gasteiger partial charge in [-0.05, 0) is 29.5 Å². The van der Waals surface area contributed by atoms with Gasteiger partial charge in [0.15, 0.2) is 5.82 Å². The molecule has 0 unspecified atom stereocenters. The molecule has 1 aliphatic rings. The maximum atomic E-state index is 12.5.